The van der Waals surface area contributed by atoms with Crippen LogP contribution in [0.3, 0.4) is 0 Å². The van der Waals surface area contributed by atoms with Crippen molar-refractivity contribution in [2.24, 2.45) is 0 Å². The van der Waals surface area contributed by atoms with Crippen molar-refractivity contribution < 1.29 is 31.4 Å². The fraction of sp³-hybridized carbons (Fsp3) is 1.00. The highest BCUT2D eigenvalue weighted by atomic mass is 28.4. The van der Waals surface area contributed by atoms with Gasteiger partial charge in [-0.25, -0.2) is 0 Å². The van der Waals surface area contributed by atoms with Gasteiger partial charge in [-0.15, -0.1) is 0 Å². The first-order chi connectivity index (χ1) is 9.18. The normalized spacial score (nSPS) is 14.4. The molecular formula is C16H40F6OSi2. The Morgan fingerprint density at radius 3 is 1.48 bits per heavy atom. The van der Waals surface area contributed by atoms with Gasteiger partial charge in [-0.1, -0.05) is 80.4 Å². The smallest absolute Gasteiger partial charge is 0.374 e. The van der Waals surface area contributed by atoms with E-state index in [1.807, 2.05) is 13.5 Å². The number of hydrogen-bond donors (Lipinski definition) is 1. The van der Waals surface area contributed by atoms with Crippen molar-refractivity contribution in [2.45, 2.75) is 105 Å². The third kappa shape index (κ3) is 10.0. The zero-order valence-corrected chi connectivity index (χ0v) is 15.0. The van der Waals surface area contributed by atoms with Gasteiger partial charge >= 0.3 is 12.4 Å². The number of alkyl halides is 6. The molecule has 0 fully saturated rings. The van der Waals surface area contributed by atoms with Crippen molar-refractivity contribution >= 4 is 16.9 Å². The van der Waals surface area contributed by atoms with E-state index in [-0.39, 0.29) is 36.1 Å². The first kappa shape index (κ1) is 36.0. The van der Waals surface area contributed by atoms with E-state index >= 15 is 0 Å². The summed E-state index contributed by atoms with van der Waals surface area (Å²) in [6.07, 6.45) is -12.9. The highest BCUT2D eigenvalue weighted by molar-refractivity contribution is 6.88. The van der Waals surface area contributed by atoms with Gasteiger partial charge in [0.25, 0.3) is 5.60 Å². The molecule has 0 radical (unpaired) electrons. The second-order valence-corrected chi connectivity index (χ2v) is 15.7. The summed E-state index contributed by atoms with van der Waals surface area (Å²) in [5.74, 6) is 0. The minimum Gasteiger partial charge on any atom is -0.374 e. The lowest BCUT2D eigenvalue weighted by Crippen LogP contribution is -2.56. The SMILES string of the molecule is C.C.C.C.CC[Si](C)(CCCC(O)(C(F)(F)F)C(F)(F)F)C[SiH](C)C. The second kappa shape index (κ2) is 12.4. The van der Waals surface area contributed by atoms with E-state index in [4.69, 9.17) is 5.11 Å². The molecule has 0 aliphatic rings. The maximum atomic E-state index is 12.6. The lowest BCUT2D eigenvalue weighted by Gasteiger charge is -2.34. The molecular weight excluding hydrogens is 378 g/mol. The molecule has 1 unspecified atom stereocenters. The Hall–Kier alpha value is -0.0262. The molecule has 0 saturated carbocycles. The predicted octanol–water partition coefficient (Wildman–Crippen LogP) is 7.29. The maximum Gasteiger partial charge on any atom is 0.426 e. The first-order valence-electron chi connectivity index (χ1n) is 7.04. The molecule has 0 aliphatic carbocycles. The topological polar surface area (TPSA) is 20.2 Å². The maximum absolute atomic E-state index is 12.6. The van der Waals surface area contributed by atoms with Crippen LogP contribution in [0.25, 0.3) is 0 Å². The molecule has 0 aromatic carbocycles. The van der Waals surface area contributed by atoms with Crippen molar-refractivity contribution in [3.05, 3.63) is 0 Å². The second-order valence-electron chi connectivity index (χ2n) is 6.47. The number of aliphatic hydroxyl groups is 1. The molecule has 0 amide bonds. The molecule has 25 heavy (non-hydrogen) atoms. The van der Waals surface area contributed by atoms with Gasteiger partial charge in [0.2, 0.25) is 0 Å². The Balaban J connectivity index is -0.000000333. The lowest BCUT2D eigenvalue weighted by atomic mass is 9.97. The Morgan fingerprint density at radius 2 is 1.24 bits per heavy atom. The zero-order valence-electron chi connectivity index (χ0n) is 12.8. The largest absolute Gasteiger partial charge is 0.426 e. The van der Waals surface area contributed by atoms with Crippen LogP contribution in [0.2, 0.25) is 37.4 Å². The van der Waals surface area contributed by atoms with Gasteiger partial charge in [-0.2, -0.15) is 26.3 Å². The number of halogens is 6. The van der Waals surface area contributed by atoms with E-state index in [0.29, 0.717) is 6.04 Å². The lowest BCUT2D eigenvalue weighted by molar-refractivity contribution is -0.369. The molecule has 1 atom stereocenters. The van der Waals surface area contributed by atoms with Crippen molar-refractivity contribution in [3.8, 4) is 0 Å². The predicted molar refractivity (Wildman–Crippen MR) is 104 cm³/mol. The van der Waals surface area contributed by atoms with Crippen LogP contribution in [0.15, 0.2) is 0 Å². The minimum atomic E-state index is -5.69. The van der Waals surface area contributed by atoms with E-state index in [2.05, 4.69) is 13.1 Å². The van der Waals surface area contributed by atoms with Crippen LogP contribution in [-0.2, 0) is 0 Å². The van der Waals surface area contributed by atoms with Crippen LogP contribution in [-0.4, -0.2) is 39.9 Å². The van der Waals surface area contributed by atoms with Crippen molar-refractivity contribution in [2.75, 3.05) is 0 Å². The Labute approximate surface area is 153 Å². The standard InChI is InChI=1S/C12H24F6OSi2.4CH4/c1-5-21(4,9-20(2)3)8-6-7-10(19,11(13,14)15)12(16,17)18;;;;/h19-20H,5-9H2,1-4H3;4*1H4. The molecule has 1 nitrogen and oxygen atoms in total. The molecule has 0 aromatic heterocycles. The van der Waals surface area contributed by atoms with Crippen LogP contribution in [0, 0.1) is 0 Å². The van der Waals surface area contributed by atoms with Gasteiger partial charge in [0, 0.05) is 16.9 Å². The van der Waals surface area contributed by atoms with E-state index in [1.165, 1.54) is 0 Å². The molecule has 0 aliphatic heterocycles. The van der Waals surface area contributed by atoms with Gasteiger partial charge in [-0.3, -0.25) is 0 Å². The van der Waals surface area contributed by atoms with Crippen molar-refractivity contribution in [1.29, 1.82) is 0 Å². The van der Waals surface area contributed by atoms with Gasteiger partial charge < -0.3 is 5.11 Å². The van der Waals surface area contributed by atoms with Crippen LogP contribution in [0.4, 0.5) is 26.3 Å². The van der Waals surface area contributed by atoms with Crippen LogP contribution < -0.4 is 0 Å². The molecule has 0 aromatic rings. The summed E-state index contributed by atoms with van der Waals surface area (Å²) in [6, 6.07) is 1.23. The molecule has 0 rings (SSSR count). The molecule has 0 bridgehead atoms. The molecule has 0 heterocycles. The summed E-state index contributed by atoms with van der Waals surface area (Å²) in [7, 11) is -2.70. The summed E-state index contributed by atoms with van der Waals surface area (Å²) >= 11 is 0. The summed E-state index contributed by atoms with van der Waals surface area (Å²) in [6.45, 7) is 8.23. The molecule has 160 valence electrons. The molecule has 9 heteroatoms. The van der Waals surface area contributed by atoms with E-state index < -0.39 is 41.2 Å². The average molecular weight is 419 g/mol. The van der Waals surface area contributed by atoms with Gasteiger partial charge in [-0.05, 0) is 6.42 Å². The zero-order chi connectivity index (χ0) is 17.1. The monoisotopic (exact) mass is 418 g/mol. The third-order valence-corrected chi connectivity index (χ3v) is 14.5. The van der Waals surface area contributed by atoms with E-state index in [0.717, 1.165) is 11.7 Å². The quantitative estimate of drug-likeness (QED) is 0.340. The fourth-order valence-electron chi connectivity index (χ4n) is 2.62. The Bertz CT molecular complexity index is 318. The van der Waals surface area contributed by atoms with E-state index in [1.54, 1.807) is 0 Å². The van der Waals surface area contributed by atoms with Crippen LogP contribution in [0.1, 0.15) is 49.5 Å². The fourth-order valence-corrected chi connectivity index (χ4v) is 13.9. The first-order valence-corrected chi connectivity index (χ1v) is 13.3. The summed E-state index contributed by atoms with van der Waals surface area (Å²) < 4.78 is 75.4. The summed E-state index contributed by atoms with van der Waals surface area (Å²) in [4.78, 5) is 0. The average Bonchev–Trinajstić information content (AvgIpc) is 2.24. The van der Waals surface area contributed by atoms with Crippen LogP contribution >= 0.6 is 0 Å². The van der Waals surface area contributed by atoms with E-state index in [9.17, 15) is 26.3 Å². The number of hydrogen-bond acceptors (Lipinski definition) is 1. The van der Waals surface area contributed by atoms with Crippen molar-refractivity contribution in [1.82, 2.24) is 0 Å². The van der Waals surface area contributed by atoms with Gasteiger partial charge in [0.1, 0.15) is 0 Å². The third-order valence-electron chi connectivity index (χ3n) is 4.01. The highest BCUT2D eigenvalue weighted by Gasteiger charge is 2.69. The summed E-state index contributed by atoms with van der Waals surface area (Å²) in [5.41, 5.74) is -3.59. The van der Waals surface area contributed by atoms with Crippen LogP contribution in [0.5, 0.6) is 0 Å². The Kier molecular flexibility index (Phi) is 17.8. The Morgan fingerprint density at radius 1 is 0.880 bits per heavy atom. The molecule has 0 spiro atoms. The number of rotatable bonds is 7. The van der Waals surface area contributed by atoms with Crippen molar-refractivity contribution in [3.63, 3.8) is 0 Å². The van der Waals surface area contributed by atoms with Gasteiger partial charge in [0.15, 0.2) is 0 Å². The summed E-state index contributed by atoms with van der Waals surface area (Å²) in [5, 5.41) is 9.11. The molecule has 0 saturated heterocycles. The highest BCUT2D eigenvalue weighted by Crippen LogP contribution is 2.46. The van der Waals surface area contributed by atoms with Gasteiger partial charge in [0.05, 0.1) is 0 Å². The minimum absolute atomic E-state index is 0. The molecule has 1 N–H and O–H groups in total.